The van der Waals surface area contributed by atoms with Gasteiger partial charge in [-0.3, -0.25) is 0 Å². The summed E-state index contributed by atoms with van der Waals surface area (Å²) in [5.74, 6) is -0.706. The van der Waals surface area contributed by atoms with Crippen molar-refractivity contribution in [2.75, 3.05) is 6.61 Å². The molecule has 3 nitrogen and oxygen atoms in total. The third kappa shape index (κ3) is 3.54. The fraction of sp³-hybridized carbons (Fsp3) is 0.182. The third-order valence-corrected chi connectivity index (χ3v) is 2.53. The minimum atomic E-state index is -1.27. The van der Waals surface area contributed by atoms with E-state index in [1.54, 1.807) is 12.1 Å². The number of carbonyl (C=O) groups is 1. The van der Waals surface area contributed by atoms with Gasteiger partial charge in [0.15, 0.2) is 0 Å². The number of ether oxygens (including phenoxy) is 1. The number of aliphatic carboxylic acids is 1. The quantitative estimate of drug-likeness (QED) is 0.802. The molecule has 0 aliphatic heterocycles. The predicted octanol–water partition coefficient (Wildman–Crippen LogP) is 2.26. The molecule has 86 valence electrons. The standard InChI is InChI=1S/C11H10BrClO3/c1-2-16-11-7(3-4-10(14)15)5-8(13)6-9(11)12/h3-6H,2H2,1H3,(H,14,15)/p-1/b4-3+. The lowest BCUT2D eigenvalue weighted by Gasteiger charge is -2.10. The molecule has 5 heteroatoms. The number of carboxylic acids is 1. The summed E-state index contributed by atoms with van der Waals surface area (Å²) >= 11 is 9.15. The van der Waals surface area contributed by atoms with Crippen molar-refractivity contribution in [3.63, 3.8) is 0 Å². The summed E-state index contributed by atoms with van der Waals surface area (Å²) in [5, 5.41) is 10.8. The van der Waals surface area contributed by atoms with Gasteiger partial charge in [0.2, 0.25) is 0 Å². The van der Waals surface area contributed by atoms with Crippen LogP contribution >= 0.6 is 27.5 Å². The fourth-order valence-corrected chi connectivity index (χ4v) is 2.11. The molecule has 0 atom stereocenters. The van der Waals surface area contributed by atoms with Crippen LogP contribution in [0.15, 0.2) is 22.7 Å². The summed E-state index contributed by atoms with van der Waals surface area (Å²) in [6, 6.07) is 3.31. The van der Waals surface area contributed by atoms with Crippen molar-refractivity contribution in [2.24, 2.45) is 0 Å². The molecule has 0 saturated carbocycles. The lowest BCUT2D eigenvalue weighted by Crippen LogP contribution is -2.18. The lowest BCUT2D eigenvalue weighted by atomic mass is 10.2. The van der Waals surface area contributed by atoms with Crippen molar-refractivity contribution in [1.82, 2.24) is 0 Å². The van der Waals surface area contributed by atoms with Gasteiger partial charge in [-0.1, -0.05) is 11.6 Å². The maximum atomic E-state index is 10.3. The van der Waals surface area contributed by atoms with Crippen LogP contribution in [-0.2, 0) is 4.79 Å². The number of benzene rings is 1. The van der Waals surface area contributed by atoms with Gasteiger partial charge in [-0.2, -0.15) is 0 Å². The van der Waals surface area contributed by atoms with Crippen LogP contribution in [0.5, 0.6) is 5.75 Å². The van der Waals surface area contributed by atoms with E-state index in [1.165, 1.54) is 6.08 Å². The highest BCUT2D eigenvalue weighted by atomic mass is 79.9. The maximum Gasteiger partial charge on any atom is 0.140 e. The summed E-state index contributed by atoms with van der Waals surface area (Å²) < 4.78 is 6.07. The molecular weight excluding hydrogens is 295 g/mol. The summed E-state index contributed by atoms with van der Waals surface area (Å²) in [7, 11) is 0. The zero-order chi connectivity index (χ0) is 12.1. The van der Waals surface area contributed by atoms with E-state index in [9.17, 15) is 9.90 Å². The molecule has 0 radical (unpaired) electrons. The van der Waals surface area contributed by atoms with Gasteiger partial charge in [-0.05, 0) is 47.1 Å². The molecule has 16 heavy (non-hydrogen) atoms. The van der Waals surface area contributed by atoms with Gasteiger partial charge >= 0.3 is 0 Å². The first-order chi connectivity index (χ1) is 7.54. The summed E-state index contributed by atoms with van der Waals surface area (Å²) in [5.41, 5.74) is 0.588. The molecule has 0 saturated heterocycles. The highest BCUT2D eigenvalue weighted by Crippen LogP contribution is 2.33. The van der Waals surface area contributed by atoms with E-state index in [-0.39, 0.29) is 0 Å². The topological polar surface area (TPSA) is 49.4 Å². The average Bonchev–Trinajstić information content (AvgIpc) is 2.19. The van der Waals surface area contributed by atoms with Crippen LogP contribution < -0.4 is 9.84 Å². The highest BCUT2D eigenvalue weighted by Gasteiger charge is 2.07. The molecule has 1 aromatic rings. The van der Waals surface area contributed by atoms with Crippen molar-refractivity contribution >= 4 is 39.6 Å². The zero-order valence-corrected chi connectivity index (χ0v) is 10.8. The van der Waals surface area contributed by atoms with E-state index in [1.807, 2.05) is 6.92 Å². The molecule has 0 unspecified atom stereocenters. The van der Waals surface area contributed by atoms with Crippen LogP contribution in [0.2, 0.25) is 5.02 Å². The van der Waals surface area contributed by atoms with Crippen molar-refractivity contribution in [3.8, 4) is 5.75 Å². The Hall–Kier alpha value is -1.00. The van der Waals surface area contributed by atoms with E-state index >= 15 is 0 Å². The highest BCUT2D eigenvalue weighted by molar-refractivity contribution is 9.10. The van der Waals surface area contributed by atoms with Gasteiger partial charge in [0.25, 0.3) is 0 Å². The Bertz CT molecular complexity index is 429. The Labute approximate surface area is 107 Å². The van der Waals surface area contributed by atoms with Crippen LogP contribution in [-0.4, -0.2) is 12.6 Å². The zero-order valence-electron chi connectivity index (χ0n) is 8.50. The second kappa shape index (κ2) is 5.92. The van der Waals surface area contributed by atoms with Gasteiger partial charge in [0, 0.05) is 10.6 Å². The number of hydrogen-bond acceptors (Lipinski definition) is 3. The summed E-state index contributed by atoms with van der Waals surface area (Å²) in [4.78, 5) is 10.3. The number of hydrogen-bond donors (Lipinski definition) is 0. The first-order valence-corrected chi connectivity index (χ1v) is 5.72. The van der Waals surface area contributed by atoms with E-state index < -0.39 is 5.97 Å². The van der Waals surface area contributed by atoms with E-state index in [2.05, 4.69) is 15.9 Å². The average molecular weight is 305 g/mol. The molecule has 0 heterocycles. The number of rotatable bonds is 4. The number of halogens is 2. The monoisotopic (exact) mass is 303 g/mol. The summed E-state index contributed by atoms with van der Waals surface area (Å²) in [6.45, 7) is 2.32. The molecule has 1 aromatic carbocycles. The predicted molar refractivity (Wildman–Crippen MR) is 64.4 cm³/mol. The van der Waals surface area contributed by atoms with Crippen LogP contribution in [0.25, 0.3) is 6.08 Å². The second-order valence-corrected chi connectivity index (χ2v) is 4.18. The first kappa shape index (κ1) is 13.1. The van der Waals surface area contributed by atoms with E-state index in [0.29, 0.717) is 27.4 Å². The van der Waals surface area contributed by atoms with Gasteiger partial charge in [-0.15, -0.1) is 0 Å². The summed E-state index contributed by atoms with van der Waals surface area (Å²) in [6.07, 6.45) is 2.32. The third-order valence-electron chi connectivity index (χ3n) is 1.72. The Morgan fingerprint density at radius 1 is 1.62 bits per heavy atom. The smallest absolute Gasteiger partial charge is 0.140 e. The Kier molecular flexibility index (Phi) is 4.83. The molecule has 0 aliphatic rings. The Morgan fingerprint density at radius 3 is 2.88 bits per heavy atom. The molecule has 0 fully saturated rings. The molecule has 0 N–H and O–H groups in total. The van der Waals surface area contributed by atoms with Gasteiger partial charge in [0.05, 0.1) is 17.0 Å². The molecule has 0 amide bonds. The Balaban J connectivity index is 3.18. The van der Waals surface area contributed by atoms with Crippen molar-refractivity contribution in [3.05, 3.63) is 33.3 Å². The second-order valence-electron chi connectivity index (χ2n) is 2.89. The maximum absolute atomic E-state index is 10.3. The Morgan fingerprint density at radius 2 is 2.31 bits per heavy atom. The molecule has 0 bridgehead atoms. The normalized spacial score (nSPS) is 10.7. The van der Waals surface area contributed by atoms with E-state index in [4.69, 9.17) is 16.3 Å². The van der Waals surface area contributed by atoms with Gasteiger partial charge in [-0.25, -0.2) is 0 Å². The van der Waals surface area contributed by atoms with Crippen LogP contribution in [0, 0.1) is 0 Å². The SMILES string of the molecule is CCOc1c(Br)cc(Cl)cc1/C=C/C(=O)[O-]. The molecular formula is C11H9BrClO3-. The largest absolute Gasteiger partial charge is 0.545 e. The van der Waals surface area contributed by atoms with Crippen LogP contribution in [0.4, 0.5) is 0 Å². The van der Waals surface area contributed by atoms with Gasteiger partial charge < -0.3 is 14.6 Å². The molecule has 0 aliphatic carbocycles. The molecule has 1 rings (SSSR count). The van der Waals surface area contributed by atoms with Crippen LogP contribution in [0.3, 0.4) is 0 Å². The fourth-order valence-electron chi connectivity index (χ4n) is 1.16. The van der Waals surface area contributed by atoms with Gasteiger partial charge in [0.1, 0.15) is 5.75 Å². The van der Waals surface area contributed by atoms with E-state index in [0.717, 1.165) is 6.08 Å². The molecule has 0 spiro atoms. The first-order valence-electron chi connectivity index (χ1n) is 4.55. The van der Waals surface area contributed by atoms with Crippen molar-refractivity contribution in [2.45, 2.75) is 6.92 Å². The molecule has 0 aromatic heterocycles. The minimum Gasteiger partial charge on any atom is -0.545 e. The number of carbonyl (C=O) groups excluding carboxylic acids is 1. The van der Waals surface area contributed by atoms with Crippen molar-refractivity contribution < 1.29 is 14.6 Å². The minimum absolute atomic E-state index is 0.479. The van der Waals surface area contributed by atoms with Crippen LogP contribution in [0.1, 0.15) is 12.5 Å². The number of carboxylic acid groups (broad SMARTS) is 1. The van der Waals surface area contributed by atoms with Crippen molar-refractivity contribution in [1.29, 1.82) is 0 Å². The lowest BCUT2D eigenvalue weighted by molar-refractivity contribution is -0.297.